The predicted molar refractivity (Wildman–Crippen MR) is 91.2 cm³/mol. The molecule has 0 radical (unpaired) electrons. The number of amides is 1. The van der Waals surface area contributed by atoms with Crippen molar-refractivity contribution in [3.8, 4) is 0 Å². The molecule has 1 saturated heterocycles. The number of anilines is 1. The molecule has 1 fully saturated rings. The van der Waals surface area contributed by atoms with Crippen LogP contribution in [0.1, 0.15) is 37.3 Å². The van der Waals surface area contributed by atoms with E-state index in [1.54, 1.807) is 0 Å². The summed E-state index contributed by atoms with van der Waals surface area (Å²) in [5.74, 6) is 1.28. The van der Waals surface area contributed by atoms with Crippen LogP contribution in [-0.2, 0) is 4.79 Å². The van der Waals surface area contributed by atoms with Gasteiger partial charge in [0.15, 0.2) is 0 Å². The zero-order valence-corrected chi connectivity index (χ0v) is 14.1. The fourth-order valence-electron chi connectivity index (χ4n) is 3.13. The number of hydrogen-bond acceptors (Lipinski definition) is 2. The Morgan fingerprint density at radius 2 is 1.81 bits per heavy atom. The number of benzene rings is 1. The molecule has 118 valence electrons. The maximum Gasteiger partial charge on any atom is 0.224 e. The third kappa shape index (κ3) is 5.68. The highest BCUT2D eigenvalue weighted by Gasteiger charge is 2.21. The van der Waals surface area contributed by atoms with E-state index >= 15 is 0 Å². The first kappa shape index (κ1) is 18.0. The molecule has 0 bridgehead atoms. The van der Waals surface area contributed by atoms with Crippen LogP contribution in [0.2, 0.25) is 0 Å². The first-order chi connectivity index (χ1) is 9.54. The van der Waals surface area contributed by atoms with E-state index < -0.39 is 0 Å². The third-order valence-corrected chi connectivity index (χ3v) is 4.20. The quantitative estimate of drug-likeness (QED) is 0.890. The minimum absolute atomic E-state index is 0. The minimum Gasteiger partial charge on any atom is -0.326 e. The molecule has 1 atom stereocenters. The van der Waals surface area contributed by atoms with Gasteiger partial charge in [-0.25, -0.2) is 0 Å². The number of carbonyl (C=O) groups excluding carboxylic acids is 1. The van der Waals surface area contributed by atoms with Gasteiger partial charge >= 0.3 is 0 Å². The lowest BCUT2D eigenvalue weighted by Crippen LogP contribution is -2.32. The molecule has 1 heterocycles. The molecule has 1 amide bonds. The SMILES string of the molecule is Cc1cc(C)cc(NC(=O)CC(C)C2CCNCC2)c1.Cl. The predicted octanol–water partition coefficient (Wildman–Crippen LogP) is 3.69. The summed E-state index contributed by atoms with van der Waals surface area (Å²) in [5, 5.41) is 6.41. The van der Waals surface area contributed by atoms with Gasteiger partial charge in [0.1, 0.15) is 0 Å². The van der Waals surface area contributed by atoms with Gasteiger partial charge in [-0.05, 0) is 74.9 Å². The molecule has 1 aliphatic rings. The zero-order chi connectivity index (χ0) is 14.5. The molecule has 1 aromatic carbocycles. The maximum atomic E-state index is 12.2. The molecule has 0 saturated carbocycles. The molecule has 0 aromatic heterocycles. The van der Waals surface area contributed by atoms with Crippen molar-refractivity contribution in [1.29, 1.82) is 0 Å². The Morgan fingerprint density at radius 3 is 2.38 bits per heavy atom. The summed E-state index contributed by atoms with van der Waals surface area (Å²) >= 11 is 0. The molecular formula is C17H27ClN2O. The van der Waals surface area contributed by atoms with Gasteiger partial charge in [0.2, 0.25) is 5.91 Å². The monoisotopic (exact) mass is 310 g/mol. The average Bonchev–Trinajstić information content (AvgIpc) is 2.38. The molecule has 21 heavy (non-hydrogen) atoms. The lowest BCUT2D eigenvalue weighted by molar-refractivity contribution is -0.117. The lowest BCUT2D eigenvalue weighted by Gasteiger charge is -2.27. The number of rotatable bonds is 4. The van der Waals surface area contributed by atoms with Crippen molar-refractivity contribution in [3.63, 3.8) is 0 Å². The standard InChI is InChI=1S/C17H26N2O.ClH/c1-12-8-13(2)10-16(9-12)19-17(20)11-14(3)15-4-6-18-7-5-15;/h8-10,14-15,18H,4-7,11H2,1-3H3,(H,19,20);1H. The number of hydrogen-bond donors (Lipinski definition) is 2. The largest absolute Gasteiger partial charge is 0.326 e. The fourth-order valence-corrected chi connectivity index (χ4v) is 3.13. The first-order valence-corrected chi connectivity index (χ1v) is 7.63. The number of piperidine rings is 1. The second kappa shape index (κ2) is 8.40. The van der Waals surface area contributed by atoms with E-state index in [1.165, 1.54) is 24.0 Å². The van der Waals surface area contributed by atoms with E-state index in [0.717, 1.165) is 18.8 Å². The summed E-state index contributed by atoms with van der Waals surface area (Å²) in [4.78, 5) is 12.2. The highest BCUT2D eigenvalue weighted by atomic mass is 35.5. The smallest absolute Gasteiger partial charge is 0.224 e. The first-order valence-electron chi connectivity index (χ1n) is 7.63. The van der Waals surface area contributed by atoms with E-state index in [1.807, 2.05) is 12.1 Å². The van der Waals surface area contributed by atoms with E-state index in [0.29, 0.717) is 18.3 Å². The second-order valence-electron chi connectivity index (χ2n) is 6.19. The van der Waals surface area contributed by atoms with Crippen LogP contribution in [0.3, 0.4) is 0 Å². The highest BCUT2D eigenvalue weighted by molar-refractivity contribution is 5.91. The van der Waals surface area contributed by atoms with Crippen molar-refractivity contribution < 1.29 is 4.79 Å². The molecule has 2 rings (SSSR count). The van der Waals surface area contributed by atoms with E-state index in [2.05, 4.69) is 37.5 Å². The van der Waals surface area contributed by atoms with Crippen LogP contribution in [-0.4, -0.2) is 19.0 Å². The van der Waals surface area contributed by atoms with Crippen LogP contribution in [0.5, 0.6) is 0 Å². The van der Waals surface area contributed by atoms with Gasteiger partial charge in [0.05, 0.1) is 0 Å². The van der Waals surface area contributed by atoms with Gasteiger partial charge in [-0.15, -0.1) is 12.4 Å². The fraction of sp³-hybridized carbons (Fsp3) is 0.588. The van der Waals surface area contributed by atoms with Crippen molar-refractivity contribution in [2.24, 2.45) is 11.8 Å². The third-order valence-electron chi connectivity index (χ3n) is 4.20. The molecule has 1 aromatic rings. The Hall–Kier alpha value is -1.06. The average molecular weight is 311 g/mol. The maximum absolute atomic E-state index is 12.2. The Bertz CT molecular complexity index is 450. The van der Waals surface area contributed by atoms with Crippen LogP contribution in [0.4, 0.5) is 5.69 Å². The molecule has 2 N–H and O–H groups in total. The van der Waals surface area contributed by atoms with Crippen LogP contribution < -0.4 is 10.6 Å². The van der Waals surface area contributed by atoms with Gasteiger partial charge in [0.25, 0.3) is 0 Å². The van der Waals surface area contributed by atoms with Gasteiger partial charge in [-0.3, -0.25) is 4.79 Å². The number of carbonyl (C=O) groups is 1. The molecule has 4 heteroatoms. The second-order valence-corrected chi connectivity index (χ2v) is 6.19. The topological polar surface area (TPSA) is 41.1 Å². The number of aryl methyl sites for hydroxylation is 2. The summed E-state index contributed by atoms with van der Waals surface area (Å²) in [6.07, 6.45) is 3.01. The van der Waals surface area contributed by atoms with Gasteiger partial charge in [-0.1, -0.05) is 13.0 Å². The summed E-state index contributed by atoms with van der Waals surface area (Å²) in [6.45, 7) is 8.50. The Kier molecular flexibility index (Phi) is 7.20. The van der Waals surface area contributed by atoms with Gasteiger partial charge < -0.3 is 10.6 Å². The molecular weight excluding hydrogens is 284 g/mol. The van der Waals surface area contributed by atoms with Gasteiger partial charge in [-0.2, -0.15) is 0 Å². The normalized spacial score (nSPS) is 16.9. The molecule has 0 aliphatic carbocycles. The van der Waals surface area contributed by atoms with Crippen LogP contribution >= 0.6 is 12.4 Å². The molecule has 1 aliphatic heterocycles. The summed E-state index contributed by atoms with van der Waals surface area (Å²) < 4.78 is 0. The lowest BCUT2D eigenvalue weighted by atomic mass is 9.84. The zero-order valence-electron chi connectivity index (χ0n) is 13.2. The minimum atomic E-state index is 0. The van der Waals surface area contributed by atoms with E-state index in [9.17, 15) is 4.79 Å². The molecule has 0 spiro atoms. The summed E-state index contributed by atoms with van der Waals surface area (Å²) in [5.41, 5.74) is 3.29. The molecule has 3 nitrogen and oxygen atoms in total. The Morgan fingerprint density at radius 1 is 1.24 bits per heavy atom. The van der Waals surface area contributed by atoms with Crippen molar-refractivity contribution >= 4 is 24.0 Å². The van der Waals surface area contributed by atoms with Crippen LogP contribution in [0.25, 0.3) is 0 Å². The Labute approximate surface area is 134 Å². The molecule has 1 unspecified atom stereocenters. The van der Waals surface area contributed by atoms with Crippen LogP contribution in [0.15, 0.2) is 18.2 Å². The number of nitrogens with one attached hydrogen (secondary N) is 2. The highest BCUT2D eigenvalue weighted by Crippen LogP contribution is 2.25. The van der Waals surface area contributed by atoms with Gasteiger partial charge in [0, 0.05) is 12.1 Å². The van der Waals surface area contributed by atoms with E-state index in [-0.39, 0.29) is 18.3 Å². The van der Waals surface area contributed by atoms with E-state index in [4.69, 9.17) is 0 Å². The Balaban J connectivity index is 0.00000220. The van der Waals surface area contributed by atoms with Crippen molar-refractivity contribution in [2.45, 2.75) is 40.0 Å². The van der Waals surface area contributed by atoms with Crippen molar-refractivity contribution in [2.75, 3.05) is 18.4 Å². The van der Waals surface area contributed by atoms with Crippen molar-refractivity contribution in [3.05, 3.63) is 29.3 Å². The van der Waals surface area contributed by atoms with Crippen molar-refractivity contribution in [1.82, 2.24) is 5.32 Å². The summed E-state index contributed by atoms with van der Waals surface area (Å²) in [7, 11) is 0. The summed E-state index contributed by atoms with van der Waals surface area (Å²) in [6, 6.07) is 6.17. The number of halogens is 1. The van der Waals surface area contributed by atoms with Crippen LogP contribution in [0, 0.1) is 25.7 Å².